The van der Waals surface area contributed by atoms with Crippen molar-refractivity contribution < 1.29 is 4.79 Å². The molecule has 0 spiro atoms. The van der Waals surface area contributed by atoms with Crippen molar-refractivity contribution in [2.24, 2.45) is 0 Å². The third-order valence-corrected chi connectivity index (χ3v) is 2.96. The Hall–Kier alpha value is -2.23. The number of aromatic nitrogens is 2. The molecule has 0 N–H and O–H groups in total. The highest BCUT2D eigenvalue weighted by Crippen LogP contribution is 2.04. The second-order valence-corrected chi connectivity index (χ2v) is 4.21. The van der Waals surface area contributed by atoms with Crippen molar-refractivity contribution in [3.63, 3.8) is 0 Å². The maximum absolute atomic E-state index is 12.2. The van der Waals surface area contributed by atoms with Gasteiger partial charge in [0.25, 0.3) is 5.91 Å². The van der Waals surface area contributed by atoms with E-state index in [1.807, 2.05) is 25.1 Å². The van der Waals surface area contributed by atoms with Gasteiger partial charge in [-0.2, -0.15) is 0 Å². The maximum Gasteiger partial charge on any atom is 0.274 e. The maximum atomic E-state index is 12.2. The van der Waals surface area contributed by atoms with E-state index >= 15 is 0 Å². The van der Waals surface area contributed by atoms with Crippen LogP contribution in [0.2, 0.25) is 0 Å². The SMILES string of the molecule is CCN(CCc1ccccc1)C(=O)c1cnccn1. The minimum Gasteiger partial charge on any atom is -0.337 e. The Morgan fingerprint density at radius 1 is 1.21 bits per heavy atom. The first-order chi connectivity index (χ1) is 9.31. The zero-order valence-corrected chi connectivity index (χ0v) is 11.0. The quantitative estimate of drug-likeness (QED) is 0.822. The number of likely N-dealkylation sites (N-methyl/N-ethyl adjacent to an activating group) is 1. The zero-order valence-electron chi connectivity index (χ0n) is 11.0. The molecule has 2 aromatic rings. The van der Waals surface area contributed by atoms with E-state index < -0.39 is 0 Å². The number of benzene rings is 1. The Morgan fingerprint density at radius 2 is 2.00 bits per heavy atom. The molecule has 0 aliphatic heterocycles. The van der Waals surface area contributed by atoms with Crippen LogP contribution < -0.4 is 0 Å². The number of nitrogens with zero attached hydrogens (tertiary/aromatic N) is 3. The van der Waals surface area contributed by atoms with Crippen LogP contribution in [0.25, 0.3) is 0 Å². The Labute approximate surface area is 113 Å². The van der Waals surface area contributed by atoms with Crippen molar-refractivity contribution >= 4 is 5.91 Å². The van der Waals surface area contributed by atoms with E-state index in [1.54, 1.807) is 11.1 Å². The van der Waals surface area contributed by atoms with Gasteiger partial charge in [-0.3, -0.25) is 9.78 Å². The van der Waals surface area contributed by atoms with Crippen LogP contribution >= 0.6 is 0 Å². The molecule has 1 aromatic carbocycles. The average molecular weight is 255 g/mol. The Morgan fingerprint density at radius 3 is 2.63 bits per heavy atom. The van der Waals surface area contributed by atoms with Gasteiger partial charge in [0.15, 0.2) is 0 Å². The number of carbonyl (C=O) groups excluding carboxylic acids is 1. The van der Waals surface area contributed by atoms with Crippen molar-refractivity contribution in [2.45, 2.75) is 13.3 Å². The first-order valence-electron chi connectivity index (χ1n) is 6.40. The lowest BCUT2D eigenvalue weighted by atomic mass is 10.1. The molecule has 0 atom stereocenters. The lowest BCUT2D eigenvalue weighted by molar-refractivity contribution is 0.0760. The molecule has 4 heteroatoms. The van der Waals surface area contributed by atoms with Crippen LogP contribution in [-0.4, -0.2) is 33.9 Å². The Balaban J connectivity index is 1.99. The Bertz CT molecular complexity index is 513. The molecule has 1 aromatic heterocycles. The topological polar surface area (TPSA) is 46.1 Å². The molecule has 2 rings (SSSR count). The van der Waals surface area contributed by atoms with Crippen molar-refractivity contribution in [1.82, 2.24) is 14.9 Å². The van der Waals surface area contributed by atoms with Gasteiger partial charge < -0.3 is 4.90 Å². The lowest BCUT2D eigenvalue weighted by Crippen LogP contribution is -2.33. The van der Waals surface area contributed by atoms with Crippen molar-refractivity contribution in [3.05, 3.63) is 60.2 Å². The number of hydrogen-bond acceptors (Lipinski definition) is 3. The molecule has 0 aliphatic carbocycles. The molecule has 19 heavy (non-hydrogen) atoms. The van der Waals surface area contributed by atoms with Crippen LogP contribution in [0.1, 0.15) is 23.0 Å². The Kier molecular flexibility index (Phi) is 4.61. The summed E-state index contributed by atoms with van der Waals surface area (Å²) in [5, 5.41) is 0. The van der Waals surface area contributed by atoms with Crippen LogP contribution in [0.3, 0.4) is 0 Å². The van der Waals surface area contributed by atoms with E-state index in [-0.39, 0.29) is 5.91 Å². The molecule has 1 heterocycles. The number of amides is 1. The van der Waals surface area contributed by atoms with Gasteiger partial charge in [-0.1, -0.05) is 30.3 Å². The van der Waals surface area contributed by atoms with Gasteiger partial charge in [-0.15, -0.1) is 0 Å². The smallest absolute Gasteiger partial charge is 0.274 e. The van der Waals surface area contributed by atoms with E-state index in [0.29, 0.717) is 18.8 Å². The minimum absolute atomic E-state index is 0.0634. The van der Waals surface area contributed by atoms with E-state index in [2.05, 4.69) is 22.1 Å². The van der Waals surface area contributed by atoms with Gasteiger partial charge in [0.05, 0.1) is 6.20 Å². The first-order valence-corrected chi connectivity index (χ1v) is 6.40. The molecule has 0 unspecified atom stereocenters. The third-order valence-electron chi connectivity index (χ3n) is 2.96. The summed E-state index contributed by atoms with van der Waals surface area (Å²) in [6, 6.07) is 10.2. The molecule has 0 saturated carbocycles. The highest BCUT2D eigenvalue weighted by atomic mass is 16.2. The van der Waals surface area contributed by atoms with Crippen LogP contribution in [0.15, 0.2) is 48.9 Å². The summed E-state index contributed by atoms with van der Waals surface area (Å²) >= 11 is 0. The van der Waals surface area contributed by atoms with Gasteiger partial charge in [0.1, 0.15) is 5.69 Å². The van der Waals surface area contributed by atoms with Gasteiger partial charge >= 0.3 is 0 Å². The van der Waals surface area contributed by atoms with Gasteiger partial charge in [0.2, 0.25) is 0 Å². The van der Waals surface area contributed by atoms with Crippen molar-refractivity contribution in [3.8, 4) is 0 Å². The highest BCUT2D eigenvalue weighted by Gasteiger charge is 2.15. The van der Waals surface area contributed by atoms with Crippen molar-refractivity contribution in [1.29, 1.82) is 0 Å². The number of carbonyl (C=O) groups is 1. The molecule has 0 fully saturated rings. The second kappa shape index (κ2) is 6.64. The fourth-order valence-corrected chi connectivity index (χ4v) is 1.88. The lowest BCUT2D eigenvalue weighted by Gasteiger charge is -2.20. The summed E-state index contributed by atoms with van der Waals surface area (Å²) in [5.74, 6) is -0.0634. The normalized spacial score (nSPS) is 10.2. The van der Waals surface area contributed by atoms with Crippen LogP contribution in [0.5, 0.6) is 0 Å². The van der Waals surface area contributed by atoms with E-state index in [0.717, 1.165) is 6.42 Å². The molecular weight excluding hydrogens is 238 g/mol. The minimum atomic E-state index is -0.0634. The number of hydrogen-bond donors (Lipinski definition) is 0. The molecular formula is C15H17N3O. The predicted octanol–water partition coefficient (Wildman–Crippen LogP) is 2.18. The summed E-state index contributed by atoms with van der Waals surface area (Å²) in [7, 11) is 0. The molecule has 4 nitrogen and oxygen atoms in total. The monoisotopic (exact) mass is 255 g/mol. The van der Waals surface area contributed by atoms with E-state index in [9.17, 15) is 4.79 Å². The van der Waals surface area contributed by atoms with E-state index in [1.165, 1.54) is 18.0 Å². The van der Waals surface area contributed by atoms with Gasteiger partial charge in [0, 0.05) is 25.5 Å². The van der Waals surface area contributed by atoms with Crippen LogP contribution in [0.4, 0.5) is 0 Å². The summed E-state index contributed by atoms with van der Waals surface area (Å²) in [4.78, 5) is 22.0. The largest absolute Gasteiger partial charge is 0.337 e. The summed E-state index contributed by atoms with van der Waals surface area (Å²) in [6.07, 6.45) is 5.46. The molecule has 98 valence electrons. The highest BCUT2D eigenvalue weighted by molar-refractivity contribution is 5.91. The van der Waals surface area contributed by atoms with E-state index in [4.69, 9.17) is 0 Å². The molecule has 0 aliphatic rings. The summed E-state index contributed by atoms with van der Waals surface area (Å²) < 4.78 is 0. The summed E-state index contributed by atoms with van der Waals surface area (Å²) in [5.41, 5.74) is 1.63. The fourth-order valence-electron chi connectivity index (χ4n) is 1.88. The van der Waals surface area contributed by atoms with Crippen LogP contribution in [0, 0.1) is 0 Å². The first kappa shape index (κ1) is 13.2. The van der Waals surface area contributed by atoms with Gasteiger partial charge in [-0.05, 0) is 18.9 Å². The fraction of sp³-hybridized carbons (Fsp3) is 0.267. The standard InChI is InChI=1S/C15H17N3O/c1-2-18(11-8-13-6-4-3-5-7-13)15(19)14-12-16-9-10-17-14/h3-7,9-10,12H,2,8,11H2,1H3. The summed E-state index contributed by atoms with van der Waals surface area (Å²) in [6.45, 7) is 3.33. The van der Waals surface area contributed by atoms with Crippen LogP contribution in [-0.2, 0) is 6.42 Å². The molecule has 0 saturated heterocycles. The molecule has 1 amide bonds. The molecule has 0 bridgehead atoms. The zero-order chi connectivity index (χ0) is 13.5. The number of rotatable bonds is 5. The third kappa shape index (κ3) is 3.61. The predicted molar refractivity (Wildman–Crippen MR) is 73.8 cm³/mol. The van der Waals surface area contributed by atoms with Crippen molar-refractivity contribution in [2.75, 3.05) is 13.1 Å². The average Bonchev–Trinajstić information content (AvgIpc) is 2.49. The second-order valence-electron chi connectivity index (χ2n) is 4.21. The molecule has 0 radical (unpaired) electrons. The van der Waals surface area contributed by atoms with Gasteiger partial charge in [-0.25, -0.2) is 4.98 Å².